The molecule has 0 fully saturated rings. The van der Waals surface area contributed by atoms with E-state index < -0.39 is 6.10 Å². The Morgan fingerprint density at radius 1 is 0.947 bits per heavy atom. The number of rotatable bonds is 10. The third-order valence-corrected chi connectivity index (χ3v) is 7.07. The van der Waals surface area contributed by atoms with Crippen LogP contribution in [0.15, 0.2) is 71.5 Å². The molecule has 2 atom stereocenters. The maximum absolute atomic E-state index is 12.3. The molecule has 38 heavy (non-hydrogen) atoms. The first-order valence-electron chi connectivity index (χ1n) is 12.2. The molecule has 1 aromatic heterocycles. The summed E-state index contributed by atoms with van der Waals surface area (Å²) >= 11 is 12.0. The number of aromatic amines is 1. The van der Waals surface area contributed by atoms with Crippen molar-refractivity contribution >= 4 is 40.0 Å². The summed E-state index contributed by atoms with van der Waals surface area (Å²) in [5.41, 5.74) is 3.51. The number of phenolic OH excluding ortho intramolecular Hbond substituents is 1. The number of carbonyl (C=O) groups is 1. The van der Waals surface area contributed by atoms with Gasteiger partial charge in [0.2, 0.25) is 11.5 Å². The van der Waals surface area contributed by atoms with E-state index in [0.717, 1.165) is 23.1 Å². The van der Waals surface area contributed by atoms with E-state index in [1.165, 1.54) is 12.1 Å². The summed E-state index contributed by atoms with van der Waals surface area (Å²) in [6.45, 7) is 2.71. The molecule has 7 nitrogen and oxygen atoms in total. The highest BCUT2D eigenvalue weighted by Gasteiger charge is 2.15. The van der Waals surface area contributed by atoms with Crippen LogP contribution in [-0.4, -0.2) is 33.7 Å². The first kappa shape index (κ1) is 27.7. The highest BCUT2D eigenvalue weighted by atomic mass is 35.5. The van der Waals surface area contributed by atoms with Crippen LogP contribution in [-0.2, 0) is 24.2 Å². The summed E-state index contributed by atoms with van der Waals surface area (Å²) in [6.07, 6.45) is 0.185. The van der Waals surface area contributed by atoms with E-state index in [9.17, 15) is 19.8 Å². The van der Waals surface area contributed by atoms with Gasteiger partial charge in [0.1, 0.15) is 5.75 Å². The fraction of sp³-hybridized carbons (Fsp3) is 0.241. The lowest BCUT2D eigenvalue weighted by atomic mass is 10.0. The van der Waals surface area contributed by atoms with Gasteiger partial charge in [-0.3, -0.25) is 9.59 Å². The van der Waals surface area contributed by atoms with E-state index in [1.54, 1.807) is 24.3 Å². The molecule has 3 aromatic carbocycles. The number of amides is 1. The number of pyridine rings is 1. The molecule has 0 radical (unpaired) electrons. The van der Waals surface area contributed by atoms with Crippen LogP contribution in [0.2, 0.25) is 10.0 Å². The normalized spacial score (nSPS) is 12.8. The van der Waals surface area contributed by atoms with Crippen molar-refractivity contribution in [1.82, 2.24) is 15.6 Å². The summed E-state index contributed by atoms with van der Waals surface area (Å²) in [4.78, 5) is 26.6. The van der Waals surface area contributed by atoms with Gasteiger partial charge < -0.3 is 25.8 Å². The number of aliphatic hydroxyl groups excluding tert-OH is 1. The average Bonchev–Trinajstić information content (AvgIpc) is 2.89. The number of nitrogens with one attached hydrogen (secondary N) is 3. The monoisotopic (exact) mass is 553 g/mol. The van der Waals surface area contributed by atoms with E-state index in [2.05, 4.69) is 15.6 Å². The zero-order valence-corrected chi connectivity index (χ0v) is 22.3. The Hall–Kier alpha value is -3.36. The van der Waals surface area contributed by atoms with Crippen molar-refractivity contribution in [3.63, 3.8) is 0 Å². The standard InChI is InChI=1S/C29H29Cl2N3O4/c1-17(32-16-26(36)21-7-10-25(35)29-22(21)8-11-27(37)34-29)12-18-2-4-19(5-3-18)14-28(38)33-15-20-6-9-23(30)24(31)13-20/h2-11,13,17,26,32,35-36H,12,14-16H2,1H3,(H,33,38)(H,34,37)/t17?,26-/m0/s1. The first-order chi connectivity index (χ1) is 18.2. The molecule has 0 aliphatic carbocycles. The van der Waals surface area contributed by atoms with Gasteiger partial charge in [0.25, 0.3) is 0 Å². The summed E-state index contributed by atoms with van der Waals surface area (Å²) in [6, 6.07) is 19.3. The third kappa shape index (κ3) is 7.14. The Kier molecular flexibility index (Phi) is 9.07. The molecule has 5 N–H and O–H groups in total. The van der Waals surface area contributed by atoms with Crippen LogP contribution >= 0.6 is 23.2 Å². The molecule has 0 spiro atoms. The van der Waals surface area contributed by atoms with Crippen molar-refractivity contribution in [2.75, 3.05) is 6.54 Å². The minimum Gasteiger partial charge on any atom is -0.506 e. The predicted octanol–water partition coefficient (Wildman–Crippen LogP) is 4.65. The van der Waals surface area contributed by atoms with Gasteiger partial charge in [-0.2, -0.15) is 0 Å². The maximum atomic E-state index is 12.3. The van der Waals surface area contributed by atoms with E-state index in [1.807, 2.05) is 37.3 Å². The Labute approximate surface area is 230 Å². The SMILES string of the molecule is CC(Cc1ccc(CC(=O)NCc2ccc(Cl)c(Cl)c2)cc1)NC[C@H](O)c1ccc(O)c2[nH]c(=O)ccc12. The lowest BCUT2D eigenvalue weighted by Gasteiger charge is -2.19. The Morgan fingerprint density at radius 3 is 2.39 bits per heavy atom. The summed E-state index contributed by atoms with van der Waals surface area (Å²) in [7, 11) is 0. The average molecular weight is 554 g/mol. The molecular formula is C29H29Cl2N3O4. The maximum Gasteiger partial charge on any atom is 0.248 e. The summed E-state index contributed by atoms with van der Waals surface area (Å²) < 4.78 is 0. The van der Waals surface area contributed by atoms with Crippen LogP contribution in [0.25, 0.3) is 10.9 Å². The zero-order chi connectivity index (χ0) is 27.2. The molecule has 4 rings (SSSR count). The summed E-state index contributed by atoms with van der Waals surface area (Å²) in [5, 5.41) is 28.6. The Balaban J connectivity index is 1.26. The third-order valence-electron chi connectivity index (χ3n) is 6.33. The quantitative estimate of drug-likeness (QED) is 0.196. The minimum absolute atomic E-state index is 0.0395. The minimum atomic E-state index is -0.823. The number of aliphatic hydroxyl groups is 1. The lowest BCUT2D eigenvalue weighted by Crippen LogP contribution is -2.32. The molecule has 0 aliphatic heterocycles. The number of H-pyrrole nitrogens is 1. The Morgan fingerprint density at radius 2 is 1.66 bits per heavy atom. The second-order valence-corrected chi connectivity index (χ2v) is 10.1. The van der Waals surface area contributed by atoms with Crippen molar-refractivity contribution in [3.8, 4) is 5.75 Å². The number of benzene rings is 3. The van der Waals surface area contributed by atoms with Gasteiger partial charge in [0.15, 0.2) is 0 Å². The van der Waals surface area contributed by atoms with E-state index >= 15 is 0 Å². The summed E-state index contributed by atoms with van der Waals surface area (Å²) in [5.74, 6) is -0.124. The van der Waals surface area contributed by atoms with Gasteiger partial charge in [-0.25, -0.2) is 0 Å². The van der Waals surface area contributed by atoms with E-state index in [0.29, 0.717) is 39.6 Å². The highest BCUT2D eigenvalue weighted by molar-refractivity contribution is 6.42. The smallest absolute Gasteiger partial charge is 0.248 e. The van der Waals surface area contributed by atoms with Crippen LogP contribution < -0.4 is 16.2 Å². The second-order valence-electron chi connectivity index (χ2n) is 9.33. The van der Waals surface area contributed by atoms with Gasteiger partial charge in [0, 0.05) is 30.6 Å². The van der Waals surface area contributed by atoms with Gasteiger partial charge in [-0.05, 0) is 59.9 Å². The highest BCUT2D eigenvalue weighted by Crippen LogP contribution is 2.28. The molecule has 1 heterocycles. The molecule has 0 aliphatic rings. The number of aromatic nitrogens is 1. The topological polar surface area (TPSA) is 114 Å². The van der Waals surface area contributed by atoms with Crippen molar-refractivity contribution in [2.45, 2.75) is 38.5 Å². The molecule has 1 amide bonds. The largest absolute Gasteiger partial charge is 0.506 e. The lowest BCUT2D eigenvalue weighted by molar-refractivity contribution is -0.120. The number of halogens is 2. The van der Waals surface area contributed by atoms with Crippen LogP contribution in [0, 0.1) is 0 Å². The fourth-order valence-corrected chi connectivity index (χ4v) is 4.61. The van der Waals surface area contributed by atoms with Crippen molar-refractivity contribution in [2.24, 2.45) is 0 Å². The Bertz CT molecular complexity index is 1490. The van der Waals surface area contributed by atoms with Gasteiger partial charge >= 0.3 is 0 Å². The van der Waals surface area contributed by atoms with Gasteiger partial charge in [-0.1, -0.05) is 59.6 Å². The fourth-order valence-electron chi connectivity index (χ4n) is 4.29. The predicted molar refractivity (Wildman–Crippen MR) is 151 cm³/mol. The number of hydrogen-bond acceptors (Lipinski definition) is 5. The number of aromatic hydroxyl groups is 1. The number of hydrogen-bond donors (Lipinski definition) is 5. The van der Waals surface area contributed by atoms with Crippen molar-refractivity contribution in [1.29, 1.82) is 0 Å². The zero-order valence-electron chi connectivity index (χ0n) is 20.8. The van der Waals surface area contributed by atoms with Crippen LogP contribution in [0.1, 0.15) is 35.3 Å². The molecule has 4 aromatic rings. The first-order valence-corrected chi connectivity index (χ1v) is 13.0. The van der Waals surface area contributed by atoms with E-state index in [4.69, 9.17) is 23.2 Å². The molecular weight excluding hydrogens is 525 g/mol. The molecule has 0 saturated carbocycles. The second kappa shape index (κ2) is 12.5. The van der Waals surface area contributed by atoms with Crippen LogP contribution in [0.5, 0.6) is 5.75 Å². The number of phenols is 1. The van der Waals surface area contributed by atoms with E-state index in [-0.39, 0.29) is 29.7 Å². The molecule has 9 heteroatoms. The van der Waals surface area contributed by atoms with Crippen LogP contribution in [0.4, 0.5) is 0 Å². The molecule has 198 valence electrons. The molecule has 1 unspecified atom stereocenters. The number of carbonyl (C=O) groups excluding carboxylic acids is 1. The van der Waals surface area contributed by atoms with Gasteiger partial charge in [-0.15, -0.1) is 0 Å². The van der Waals surface area contributed by atoms with Gasteiger partial charge in [0.05, 0.1) is 28.1 Å². The molecule has 0 bridgehead atoms. The van der Waals surface area contributed by atoms with Crippen molar-refractivity contribution < 1.29 is 15.0 Å². The molecule has 0 saturated heterocycles. The number of fused-ring (bicyclic) bond motifs is 1. The van der Waals surface area contributed by atoms with Crippen LogP contribution in [0.3, 0.4) is 0 Å². The van der Waals surface area contributed by atoms with Crippen molar-refractivity contribution in [3.05, 3.63) is 109 Å².